The molecule has 2 aliphatic heterocycles. The van der Waals surface area contributed by atoms with Gasteiger partial charge in [-0.15, -0.1) is 0 Å². The lowest BCUT2D eigenvalue weighted by molar-refractivity contribution is -0.147. The summed E-state index contributed by atoms with van der Waals surface area (Å²) in [6.07, 6.45) is 7.78. The van der Waals surface area contributed by atoms with Gasteiger partial charge in [0.1, 0.15) is 5.52 Å². The fraction of sp³-hybridized carbons (Fsp3) is 0.405. The Morgan fingerprint density at radius 2 is 1.55 bits per heavy atom. The number of benzene rings is 2. The highest BCUT2D eigenvalue weighted by Crippen LogP contribution is 2.42. The number of rotatable bonds is 14. The highest BCUT2D eigenvalue weighted by Gasteiger charge is 2.29. The van der Waals surface area contributed by atoms with E-state index in [0.29, 0.717) is 65.3 Å². The minimum absolute atomic E-state index is 0.124. The summed E-state index contributed by atoms with van der Waals surface area (Å²) in [5, 5.41) is 10.6. The van der Waals surface area contributed by atoms with Gasteiger partial charge in [0, 0.05) is 84.5 Å². The van der Waals surface area contributed by atoms with Crippen LogP contribution in [0.2, 0.25) is 10.0 Å². The van der Waals surface area contributed by atoms with Crippen LogP contribution in [0.1, 0.15) is 44.5 Å². The highest BCUT2D eigenvalue weighted by atomic mass is 35.5. The van der Waals surface area contributed by atoms with Crippen LogP contribution in [-0.2, 0) is 20.9 Å². The fourth-order valence-corrected chi connectivity index (χ4v) is 8.43. The van der Waals surface area contributed by atoms with Crippen LogP contribution >= 0.6 is 23.2 Å². The second-order valence-electron chi connectivity index (χ2n) is 14.7. The molecule has 0 radical (unpaired) electrons. The van der Waals surface area contributed by atoms with Crippen LogP contribution in [0.15, 0.2) is 65.2 Å². The van der Waals surface area contributed by atoms with E-state index < -0.39 is 0 Å². The molecule has 0 saturated carbocycles. The molecule has 0 N–H and O–H groups in total. The molecule has 0 aliphatic carbocycles. The van der Waals surface area contributed by atoms with E-state index in [1.165, 1.54) is 12.8 Å². The predicted octanol–water partition coefficient (Wildman–Crippen LogP) is 6.87. The number of allylic oxidation sites excluding steroid dienone is 1. The first-order valence-corrected chi connectivity index (χ1v) is 20.1. The highest BCUT2D eigenvalue weighted by molar-refractivity contribution is 6.39. The maximum absolute atomic E-state index is 13.8. The monoisotopic (exact) mass is 798 g/mol. The number of aromatic nitrogens is 5. The van der Waals surface area contributed by atoms with Gasteiger partial charge in [0.2, 0.25) is 6.41 Å². The first kappa shape index (κ1) is 39.5. The van der Waals surface area contributed by atoms with Gasteiger partial charge < -0.3 is 24.0 Å². The van der Waals surface area contributed by atoms with Gasteiger partial charge in [0.25, 0.3) is 5.56 Å². The number of hydrogen-bond acceptors (Lipinski definition) is 8. The van der Waals surface area contributed by atoms with Crippen molar-refractivity contribution in [1.29, 1.82) is 0 Å². The number of hydrogen-bond donors (Lipinski definition) is 0. The summed E-state index contributed by atoms with van der Waals surface area (Å²) < 4.78 is 10.4. The predicted molar refractivity (Wildman–Crippen MR) is 221 cm³/mol. The molecule has 7 rings (SSSR count). The molecule has 3 aromatic heterocycles. The first-order valence-electron chi connectivity index (χ1n) is 19.3. The summed E-state index contributed by atoms with van der Waals surface area (Å²) in [7, 11) is 0. The molecule has 2 aliphatic rings. The topological polar surface area (TPSA) is 110 Å². The van der Waals surface area contributed by atoms with Gasteiger partial charge >= 0.3 is 5.97 Å². The van der Waals surface area contributed by atoms with E-state index in [0.717, 1.165) is 72.8 Å². The van der Waals surface area contributed by atoms with Crippen molar-refractivity contribution in [3.05, 3.63) is 92.2 Å². The maximum Gasteiger partial charge on any atom is 0.310 e. The SMILES string of the molecule is CCOC(=O)C1CCN(CCn2c(C)cn3nc(-c4cccc(-c5cccc(-c6cc(C)n(/C=C(/C)N(C=O)CCN7CCCC7)n6)c5Cl)c4Cl)cc3c2=O)C1. The van der Waals surface area contributed by atoms with Crippen molar-refractivity contribution in [2.75, 3.05) is 52.4 Å². The Bertz CT molecular complexity index is 2340. The zero-order chi connectivity index (χ0) is 39.5. The minimum Gasteiger partial charge on any atom is -0.466 e. The van der Waals surface area contributed by atoms with Crippen molar-refractivity contribution in [3.63, 3.8) is 0 Å². The van der Waals surface area contributed by atoms with Gasteiger partial charge in [-0.1, -0.05) is 59.6 Å². The molecule has 2 fully saturated rings. The van der Waals surface area contributed by atoms with Gasteiger partial charge in [-0.05, 0) is 78.7 Å². The summed E-state index contributed by atoms with van der Waals surface area (Å²) in [5.74, 6) is -0.275. The van der Waals surface area contributed by atoms with Gasteiger partial charge in [0.05, 0.1) is 34.0 Å². The molecule has 14 heteroatoms. The Kier molecular flexibility index (Phi) is 12.1. The molecule has 5 aromatic rings. The number of nitrogens with zero attached hydrogens (tertiary/aromatic N) is 8. The first-order chi connectivity index (χ1) is 27.1. The van der Waals surface area contributed by atoms with Gasteiger partial charge in [-0.2, -0.15) is 10.2 Å². The minimum atomic E-state index is -0.151. The zero-order valence-corrected chi connectivity index (χ0v) is 33.9. The van der Waals surface area contributed by atoms with E-state index in [9.17, 15) is 14.4 Å². The van der Waals surface area contributed by atoms with Crippen LogP contribution in [0, 0.1) is 19.8 Å². The van der Waals surface area contributed by atoms with Crippen molar-refractivity contribution in [2.24, 2.45) is 5.92 Å². The van der Waals surface area contributed by atoms with Gasteiger partial charge in [-0.3, -0.25) is 14.4 Å². The Morgan fingerprint density at radius 1 is 0.893 bits per heavy atom. The number of likely N-dealkylation sites (tertiary alicyclic amines) is 2. The number of aryl methyl sites for hydroxylation is 2. The van der Waals surface area contributed by atoms with Crippen LogP contribution in [0.3, 0.4) is 0 Å². The van der Waals surface area contributed by atoms with Crippen LogP contribution in [0.25, 0.3) is 45.4 Å². The molecule has 5 heterocycles. The summed E-state index contributed by atoms with van der Waals surface area (Å²) in [5.41, 5.74) is 6.90. The van der Waals surface area contributed by atoms with E-state index in [-0.39, 0.29) is 17.4 Å². The average Bonchev–Trinajstić information content (AvgIpc) is 4.01. The van der Waals surface area contributed by atoms with Crippen molar-refractivity contribution >= 4 is 47.3 Å². The standard InChI is InChI=1S/C42H48Cl2N8O4/c1-5-56-42(55)31-14-17-48(26-31)19-21-50-30(4)25-52-38(41(50)54)23-37(46-52)35-13-9-11-33(40(35)44)32-10-8-12-34(39(32)43)36-22-28(2)51(45-36)24-29(3)49(27-53)20-18-47-15-6-7-16-47/h8-13,22-25,27,31H,5-7,14-21,26H2,1-4H3/b29-24-. The van der Waals surface area contributed by atoms with Crippen molar-refractivity contribution in [1.82, 2.24) is 38.7 Å². The molecule has 56 heavy (non-hydrogen) atoms. The second-order valence-corrected chi connectivity index (χ2v) is 15.4. The van der Waals surface area contributed by atoms with Crippen molar-refractivity contribution in [2.45, 2.75) is 53.5 Å². The molecule has 2 saturated heterocycles. The van der Waals surface area contributed by atoms with E-state index in [1.54, 1.807) is 24.7 Å². The molecule has 0 bridgehead atoms. The number of amides is 1. The molecule has 294 valence electrons. The number of carbonyl (C=O) groups excluding carboxylic acids is 2. The molecular weight excluding hydrogens is 751 g/mol. The lowest BCUT2D eigenvalue weighted by atomic mass is 9.98. The lowest BCUT2D eigenvalue weighted by Crippen LogP contribution is -2.32. The average molecular weight is 800 g/mol. The van der Waals surface area contributed by atoms with Crippen LogP contribution in [-0.4, -0.2) is 103 Å². The van der Waals surface area contributed by atoms with Crippen molar-refractivity contribution < 1.29 is 14.3 Å². The van der Waals surface area contributed by atoms with E-state index in [1.807, 2.05) is 82.6 Å². The Labute approximate surface area is 336 Å². The van der Waals surface area contributed by atoms with Crippen LogP contribution in [0.4, 0.5) is 0 Å². The number of carbonyl (C=O) groups is 2. The largest absolute Gasteiger partial charge is 0.466 e. The molecular formula is C42H48Cl2N8O4. The fourth-order valence-electron chi connectivity index (χ4n) is 7.78. The Hall–Kier alpha value is -4.75. The molecule has 1 atom stereocenters. The van der Waals surface area contributed by atoms with E-state index in [4.69, 9.17) is 38.1 Å². The third-order valence-electron chi connectivity index (χ3n) is 11.0. The smallest absolute Gasteiger partial charge is 0.310 e. The number of halogens is 2. The summed E-state index contributed by atoms with van der Waals surface area (Å²) in [6, 6.07) is 15.2. The number of fused-ring (bicyclic) bond motifs is 1. The van der Waals surface area contributed by atoms with Crippen LogP contribution < -0.4 is 5.56 Å². The quantitative estimate of drug-likeness (QED) is 0.0885. The van der Waals surface area contributed by atoms with Gasteiger partial charge in [-0.25, -0.2) is 9.20 Å². The maximum atomic E-state index is 13.8. The Morgan fingerprint density at radius 3 is 2.21 bits per heavy atom. The molecule has 0 spiro atoms. The van der Waals surface area contributed by atoms with E-state index >= 15 is 0 Å². The molecule has 1 unspecified atom stereocenters. The third-order valence-corrected chi connectivity index (χ3v) is 11.8. The number of ether oxygens (including phenoxy) is 1. The number of esters is 1. The van der Waals surface area contributed by atoms with Crippen molar-refractivity contribution in [3.8, 4) is 33.6 Å². The summed E-state index contributed by atoms with van der Waals surface area (Å²) >= 11 is 14.3. The molecule has 2 aromatic carbocycles. The van der Waals surface area contributed by atoms with E-state index in [2.05, 4.69) is 9.80 Å². The zero-order valence-electron chi connectivity index (χ0n) is 32.4. The Balaban J connectivity index is 1.11. The van der Waals surface area contributed by atoms with Gasteiger partial charge in [0.15, 0.2) is 0 Å². The third kappa shape index (κ3) is 8.20. The lowest BCUT2D eigenvalue weighted by Gasteiger charge is -2.22. The summed E-state index contributed by atoms with van der Waals surface area (Å²) in [4.78, 5) is 44.3. The molecule has 12 nitrogen and oxygen atoms in total. The summed E-state index contributed by atoms with van der Waals surface area (Å²) in [6.45, 7) is 14.2. The van der Waals surface area contributed by atoms with Crippen LogP contribution in [0.5, 0.6) is 0 Å². The molecule has 1 amide bonds. The second kappa shape index (κ2) is 17.2. The normalized spacial score (nSPS) is 16.6.